The molecule has 0 unspecified atom stereocenters. The van der Waals surface area contributed by atoms with Gasteiger partial charge in [-0.05, 0) is 24.3 Å². The van der Waals surface area contributed by atoms with Crippen molar-refractivity contribution in [2.45, 2.75) is 0 Å². The molecule has 0 bridgehead atoms. The summed E-state index contributed by atoms with van der Waals surface area (Å²) in [5.74, 6) is -0.0315. The summed E-state index contributed by atoms with van der Waals surface area (Å²) in [6.45, 7) is 0. The Morgan fingerprint density at radius 2 is 1.93 bits per heavy atom. The van der Waals surface area contributed by atoms with Gasteiger partial charge in [0.15, 0.2) is 5.82 Å². The Balaban J connectivity index is 2.44. The van der Waals surface area contributed by atoms with E-state index in [9.17, 15) is 4.39 Å². The molecule has 0 radical (unpaired) electrons. The van der Waals surface area contributed by atoms with Gasteiger partial charge in [-0.15, -0.1) is 5.10 Å². The maximum atomic E-state index is 12.6. The number of aromatic nitrogens is 2. The van der Waals surface area contributed by atoms with Gasteiger partial charge in [0.05, 0.1) is 11.9 Å². The fourth-order valence-electron chi connectivity index (χ4n) is 1.09. The summed E-state index contributed by atoms with van der Waals surface area (Å²) in [6, 6.07) is 5.89. The molecule has 1 aromatic heterocycles. The molecule has 0 aliphatic rings. The lowest BCUT2D eigenvalue weighted by Gasteiger charge is -1.99. The van der Waals surface area contributed by atoms with Crippen LogP contribution in [-0.4, -0.2) is 9.78 Å². The van der Waals surface area contributed by atoms with Crippen molar-refractivity contribution in [1.29, 1.82) is 0 Å². The number of nitrogens with zero attached hydrogens (tertiary/aromatic N) is 2. The first-order valence-corrected chi connectivity index (χ1v) is 4.31. The van der Waals surface area contributed by atoms with E-state index in [1.807, 2.05) is 0 Å². The molecule has 14 heavy (non-hydrogen) atoms. The Kier molecular flexibility index (Phi) is 2.13. The van der Waals surface area contributed by atoms with Crippen molar-refractivity contribution >= 4 is 17.4 Å². The third-order valence-corrected chi connectivity index (χ3v) is 2.08. The molecule has 1 heterocycles. The highest BCUT2D eigenvalue weighted by molar-refractivity contribution is 6.32. The van der Waals surface area contributed by atoms with E-state index >= 15 is 0 Å². The Bertz CT molecular complexity index is 430. The van der Waals surface area contributed by atoms with Crippen LogP contribution in [0.1, 0.15) is 0 Å². The van der Waals surface area contributed by atoms with Crippen LogP contribution in [0.15, 0.2) is 30.5 Å². The lowest BCUT2D eigenvalue weighted by Crippen LogP contribution is -1.95. The summed E-state index contributed by atoms with van der Waals surface area (Å²) in [7, 11) is 0. The molecule has 0 saturated carbocycles. The van der Waals surface area contributed by atoms with Gasteiger partial charge in [0.25, 0.3) is 0 Å². The summed E-state index contributed by atoms with van der Waals surface area (Å²) in [6.07, 6.45) is 1.57. The molecule has 72 valence electrons. The number of halogens is 2. The van der Waals surface area contributed by atoms with Crippen LogP contribution in [-0.2, 0) is 0 Å². The van der Waals surface area contributed by atoms with Crippen molar-refractivity contribution in [3.63, 3.8) is 0 Å². The Morgan fingerprint density at radius 3 is 2.43 bits per heavy atom. The molecule has 2 aromatic rings. The summed E-state index contributed by atoms with van der Waals surface area (Å²) < 4.78 is 14.1. The zero-order chi connectivity index (χ0) is 10.1. The van der Waals surface area contributed by atoms with Crippen molar-refractivity contribution in [2.24, 2.45) is 0 Å². The van der Waals surface area contributed by atoms with E-state index in [2.05, 4.69) is 5.10 Å². The summed E-state index contributed by atoms with van der Waals surface area (Å²) in [5.41, 5.74) is 6.18. The van der Waals surface area contributed by atoms with Gasteiger partial charge in [-0.25, -0.2) is 9.07 Å². The van der Waals surface area contributed by atoms with Crippen LogP contribution in [0.25, 0.3) is 5.69 Å². The molecule has 2 rings (SSSR count). The Hall–Kier alpha value is -1.55. The SMILES string of the molecule is Nc1nn(-c2ccc(F)cc2)cc1Cl. The minimum absolute atomic E-state index is 0.260. The van der Waals surface area contributed by atoms with Gasteiger partial charge in [-0.1, -0.05) is 11.6 Å². The number of hydrogen-bond acceptors (Lipinski definition) is 2. The van der Waals surface area contributed by atoms with Gasteiger partial charge in [0.1, 0.15) is 10.8 Å². The quantitative estimate of drug-likeness (QED) is 0.786. The minimum atomic E-state index is -0.292. The smallest absolute Gasteiger partial charge is 0.164 e. The van der Waals surface area contributed by atoms with Gasteiger partial charge >= 0.3 is 0 Å². The summed E-state index contributed by atoms with van der Waals surface area (Å²) >= 11 is 5.73. The molecule has 3 nitrogen and oxygen atoms in total. The molecule has 0 atom stereocenters. The number of anilines is 1. The third kappa shape index (κ3) is 1.56. The molecule has 0 spiro atoms. The fraction of sp³-hybridized carbons (Fsp3) is 0. The largest absolute Gasteiger partial charge is 0.381 e. The molecule has 2 N–H and O–H groups in total. The zero-order valence-electron chi connectivity index (χ0n) is 7.11. The van der Waals surface area contributed by atoms with E-state index in [-0.39, 0.29) is 11.6 Å². The van der Waals surface area contributed by atoms with Crippen molar-refractivity contribution < 1.29 is 4.39 Å². The first-order chi connectivity index (χ1) is 6.66. The monoisotopic (exact) mass is 211 g/mol. The molecule has 0 fully saturated rings. The maximum absolute atomic E-state index is 12.6. The molecule has 0 saturated heterocycles. The van der Waals surface area contributed by atoms with E-state index in [0.29, 0.717) is 10.7 Å². The Morgan fingerprint density at radius 1 is 1.29 bits per heavy atom. The minimum Gasteiger partial charge on any atom is -0.381 e. The van der Waals surface area contributed by atoms with Gasteiger partial charge in [0, 0.05) is 0 Å². The summed E-state index contributed by atoms with van der Waals surface area (Å²) in [4.78, 5) is 0. The molecule has 0 amide bonds. The van der Waals surface area contributed by atoms with Crippen LogP contribution in [0.3, 0.4) is 0 Å². The fourth-order valence-corrected chi connectivity index (χ4v) is 1.22. The molecule has 5 heteroatoms. The van der Waals surface area contributed by atoms with E-state index < -0.39 is 0 Å². The zero-order valence-corrected chi connectivity index (χ0v) is 7.87. The third-order valence-electron chi connectivity index (χ3n) is 1.79. The Labute approximate surface area is 84.9 Å². The number of nitrogens with two attached hydrogens (primary N) is 1. The number of rotatable bonds is 1. The number of nitrogen functional groups attached to an aromatic ring is 1. The van der Waals surface area contributed by atoms with E-state index in [1.165, 1.54) is 16.8 Å². The topological polar surface area (TPSA) is 43.8 Å². The van der Waals surface area contributed by atoms with Crippen molar-refractivity contribution in [2.75, 3.05) is 5.73 Å². The van der Waals surface area contributed by atoms with Crippen LogP contribution in [0.4, 0.5) is 10.2 Å². The van der Waals surface area contributed by atoms with Gasteiger partial charge in [0.2, 0.25) is 0 Å². The van der Waals surface area contributed by atoms with E-state index in [1.54, 1.807) is 18.3 Å². The van der Waals surface area contributed by atoms with Crippen LogP contribution in [0, 0.1) is 5.82 Å². The highest BCUT2D eigenvalue weighted by Crippen LogP contribution is 2.18. The second-order valence-corrected chi connectivity index (χ2v) is 3.19. The standard InChI is InChI=1S/C9H7ClFN3/c10-8-5-14(13-9(8)12)7-3-1-6(11)2-4-7/h1-5H,(H2,12,13). The second-order valence-electron chi connectivity index (χ2n) is 2.78. The van der Waals surface area contributed by atoms with Crippen LogP contribution < -0.4 is 5.73 Å². The van der Waals surface area contributed by atoms with E-state index in [0.717, 1.165) is 0 Å². The van der Waals surface area contributed by atoms with Crippen LogP contribution >= 0.6 is 11.6 Å². The summed E-state index contributed by atoms with van der Waals surface area (Å²) in [5, 5.41) is 4.33. The second kappa shape index (κ2) is 3.31. The lowest BCUT2D eigenvalue weighted by molar-refractivity contribution is 0.627. The first-order valence-electron chi connectivity index (χ1n) is 3.93. The van der Waals surface area contributed by atoms with Gasteiger partial charge in [-0.3, -0.25) is 0 Å². The molecular weight excluding hydrogens is 205 g/mol. The van der Waals surface area contributed by atoms with Crippen molar-refractivity contribution in [3.05, 3.63) is 41.3 Å². The maximum Gasteiger partial charge on any atom is 0.164 e. The van der Waals surface area contributed by atoms with Crippen LogP contribution in [0.5, 0.6) is 0 Å². The number of benzene rings is 1. The lowest BCUT2D eigenvalue weighted by atomic mass is 10.3. The van der Waals surface area contributed by atoms with Crippen LogP contribution in [0.2, 0.25) is 5.02 Å². The van der Waals surface area contributed by atoms with Gasteiger partial charge < -0.3 is 5.73 Å². The van der Waals surface area contributed by atoms with Crippen molar-refractivity contribution in [1.82, 2.24) is 9.78 Å². The molecule has 1 aromatic carbocycles. The molecule has 0 aliphatic carbocycles. The van der Waals surface area contributed by atoms with E-state index in [4.69, 9.17) is 17.3 Å². The predicted molar refractivity (Wildman–Crippen MR) is 52.9 cm³/mol. The molecular formula is C9H7ClFN3. The predicted octanol–water partition coefficient (Wildman–Crippen LogP) is 2.25. The average Bonchev–Trinajstić information content (AvgIpc) is 2.48. The average molecular weight is 212 g/mol. The first kappa shape index (κ1) is 9.02. The van der Waals surface area contributed by atoms with Crippen molar-refractivity contribution in [3.8, 4) is 5.69 Å². The molecule has 0 aliphatic heterocycles. The number of hydrogen-bond donors (Lipinski definition) is 1. The highest BCUT2D eigenvalue weighted by Gasteiger charge is 2.03. The van der Waals surface area contributed by atoms with Gasteiger partial charge in [-0.2, -0.15) is 0 Å². The normalized spacial score (nSPS) is 10.4. The highest BCUT2D eigenvalue weighted by atomic mass is 35.5.